The van der Waals surface area contributed by atoms with E-state index in [4.69, 9.17) is 9.47 Å². The average molecular weight is 639 g/mol. The molecule has 0 radical (unpaired) electrons. The average Bonchev–Trinajstić information content (AvgIpc) is 3.66. The van der Waals surface area contributed by atoms with Crippen LogP contribution in [0, 0.1) is 21.7 Å². The summed E-state index contributed by atoms with van der Waals surface area (Å²) in [5.41, 5.74) is -1.65. The molecular formula is C38H62FeO4. The van der Waals surface area contributed by atoms with Crippen molar-refractivity contribution in [1.82, 2.24) is 0 Å². The molecule has 43 heavy (non-hydrogen) atoms. The van der Waals surface area contributed by atoms with Crippen LogP contribution in [0.2, 0.25) is 0 Å². The Morgan fingerprint density at radius 3 is 0.767 bits per heavy atom. The van der Waals surface area contributed by atoms with E-state index in [1.807, 2.05) is 144 Å². The van der Waals surface area contributed by atoms with Crippen molar-refractivity contribution in [2.75, 3.05) is 26.4 Å². The van der Waals surface area contributed by atoms with Crippen LogP contribution in [0.25, 0.3) is 0 Å². The topological polar surface area (TPSA) is 64.6 Å². The van der Waals surface area contributed by atoms with Gasteiger partial charge in [0, 0.05) is 26.4 Å². The van der Waals surface area contributed by atoms with Gasteiger partial charge in [0.05, 0.1) is 0 Å². The Morgan fingerprint density at radius 2 is 0.628 bits per heavy atom. The van der Waals surface area contributed by atoms with Crippen LogP contribution in [0.5, 0.6) is 0 Å². The Hall–Kier alpha value is -1.20. The van der Waals surface area contributed by atoms with Crippen molar-refractivity contribution in [3.05, 3.63) is 71.8 Å². The van der Waals surface area contributed by atoms with Crippen molar-refractivity contribution in [1.29, 1.82) is 0 Å². The van der Waals surface area contributed by atoms with Gasteiger partial charge in [-0.2, -0.15) is 0 Å². The molecule has 2 heterocycles. The molecule has 4 rings (SSSR count). The first kappa shape index (κ1) is 41.8. The zero-order valence-corrected chi connectivity index (χ0v) is 30.5. The third kappa shape index (κ3) is 11.6. The van der Waals surface area contributed by atoms with Gasteiger partial charge in [0.15, 0.2) is 0 Å². The predicted octanol–water partition coefficient (Wildman–Crippen LogP) is 8.26. The van der Waals surface area contributed by atoms with E-state index in [2.05, 4.69) is 0 Å². The van der Waals surface area contributed by atoms with Crippen molar-refractivity contribution >= 4 is 0 Å². The van der Waals surface area contributed by atoms with Crippen LogP contribution in [0.3, 0.4) is 0 Å². The Kier molecular flexibility index (Phi) is 17.0. The SMILES string of the molecule is C1CCOC1.C1CCOC1.CC(C)(C)C([O-])(c1ccccc1)C(C)(C)C.CC(C)(C)C([O-])(c1ccccc1)C(C)(C)C.[Fe+2]. The summed E-state index contributed by atoms with van der Waals surface area (Å²) < 4.78 is 9.89. The molecular weight excluding hydrogens is 576 g/mol. The van der Waals surface area contributed by atoms with E-state index in [0.29, 0.717) is 0 Å². The summed E-state index contributed by atoms with van der Waals surface area (Å²) in [5, 5.41) is 26.7. The summed E-state index contributed by atoms with van der Waals surface area (Å²) >= 11 is 0. The molecule has 0 bridgehead atoms. The molecule has 0 saturated carbocycles. The Balaban J connectivity index is 0.000000608. The van der Waals surface area contributed by atoms with Gasteiger partial charge in [-0.25, -0.2) is 0 Å². The van der Waals surface area contributed by atoms with Crippen LogP contribution in [-0.4, -0.2) is 26.4 Å². The smallest absolute Gasteiger partial charge is 0.845 e. The van der Waals surface area contributed by atoms with E-state index in [-0.39, 0.29) is 38.7 Å². The van der Waals surface area contributed by atoms with Crippen molar-refractivity contribution in [2.45, 2.75) is 120 Å². The molecule has 0 unspecified atom stereocenters. The maximum absolute atomic E-state index is 13.3. The first-order chi connectivity index (χ1) is 19.2. The summed E-state index contributed by atoms with van der Waals surface area (Å²) in [5.74, 6) is 0. The van der Waals surface area contributed by atoms with Gasteiger partial charge in [0.2, 0.25) is 0 Å². The number of hydrogen-bond acceptors (Lipinski definition) is 4. The molecule has 4 nitrogen and oxygen atoms in total. The summed E-state index contributed by atoms with van der Waals surface area (Å²) in [6.07, 6.45) is 5.11. The molecule has 2 aromatic carbocycles. The number of ether oxygens (including phenoxy) is 2. The van der Waals surface area contributed by atoms with Crippen LogP contribution >= 0.6 is 0 Å². The van der Waals surface area contributed by atoms with Gasteiger partial charge in [0.25, 0.3) is 0 Å². The van der Waals surface area contributed by atoms with Gasteiger partial charge in [0.1, 0.15) is 0 Å². The molecule has 0 aliphatic carbocycles. The second-order valence-corrected chi connectivity index (χ2v) is 15.7. The fourth-order valence-electron chi connectivity index (χ4n) is 6.35. The first-order valence-corrected chi connectivity index (χ1v) is 15.9. The minimum Gasteiger partial charge on any atom is -0.845 e. The minimum absolute atomic E-state index is 0. The van der Waals surface area contributed by atoms with Crippen LogP contribution in [0.1, 0.15) is 120 Å². The standard InChI is InChI=1S/2C15H23O.2C4H8O.Fe/c2*1-13(2,3)15(16,14(4,5)6)12-10-8-7-9-11-12;2*1-2-4-5-3-1;/h2*7-11H,1-6H3;2*1-4H2;/q2*-1;;;+2. The molecule has 0 spiro atoms. The summed E-state index contributed by atoms with van der Waals surface area (Å²) in [7, 11) is 0. The molecule has 2 saturated heterocycles. The third-order valence-electron chi connectivity index (χ3n) is 8.24. The quantitative estimate of drug-likeness (QED) is 0.311. The zero-order valence-electron chi connectivity index (χ0n) is 29.4. The second kappa shape index (κ2) is 17.5. The van der Waals surface area contributed by atoms with E-state index in [1.54, 1.807) is 0 Å². The van der Waals surface area contributed by atoms with Crippen molar-refractivity contribution < 1.29 is 36.8 Å². The Morgan fingerprint density at radius 1 is 0.419 bits per heavy atom. The van der Waals surface area contributed by atoms with E-state index in [0.717, 1.165) is 37.6 Å². The molecule has 0 amide bonds. The summed E-state index contributed by atoms with van der Waals surface area (Å²) in [6, 6.07) is 19.5. The summed E-state index contributed by atoms with van der Waals surface area (Å²) in [4.78, 5) is 0. The van der Waals surface area contributed by atoms with Gasteiger partial charge in [-0.3, -0.25) is 0 Å². The van der Waals surface area contributed by atoms with Gasteiger partial charge in [-0.15, -0.1) is 0 Å². The maximum atomic E-state index is 13.3. The van der Waals surface area contributed by atoms with Crippen molar-refractivity contribution in [2.24, 2.45) is 21.7 Å². The normalized spacial score (nSPS) is 16.0. The van der Waals surface area contributed by atoms with Gasteiger partial charge < -0.3 is 19.7 Å². The zero-order chi connectivity index (χ0) is 32.3. The monoisotopic (exact) mass is 638 g/mol. The number of benzene rings is 2. The fourth-order valence-corrected chi connectivity index (χ4v) is 6.35. The molecule has 5 heteroatoms. The molecule has 0 aromatic heterocycles. The van der Waals surface area contributed by atoms with Gasteiger partial charge >= 0.3 is 17.1 Å². The first-order valence-electron chi connectivity index (χ1n) is 15.9. The Bertz CT molecular complexity index is 858. The van der Waals surface area contributed by atoms with E-state index < -0.39 is 11.2 Å². The molecule has 2 aliphatic heterocycles. The molecule has 2 aliphatic rings. The van der Waals surface area contributed by atoms with Crippen LogP contribution in [0.4, 0.5) is 0 Å². The molecule has 0 N–H and O–H groups in total. The summed E-state index contributed by atoms with van der Waals surface area (Å²) in [6.45, 7) is 28.3. The van der Waals surface area contributed by atoms with E-state index in [1.165, 1.54) is 25.7 Å². The van der Waals surface area contributed by atoms with Crippen molar-refractivity contribution in [3.63, 3.8) is 0 Å². The maximum Gasteiger partial charge on any atom is 2.00 e. The van der Waals surface area contributed by atoms with Crippen molar-refractivity contribution in [3.8, 4) is 0 Å². The predicted molar refractivity (Wildman–Crippen MR) is 174 cm³/mol. The largest absolute Gasteiger partial charge is 2.00 e. The number of hydrogen-bond donors (Lipinski definition) is 0. The fraction of sp³-hybridized carbons (Fsp3) is 0.684. The van der Waals surface area contributed by atoms with Gasteiger partial charge in [-0.05, 0) is 47.3 Å². The molecule has 2 fully saturated rings. The van der Waals surface area contributed by atoms with Crippen LogP contribution in [-0.2, 0) is 37.7 Å². The van der Waals surface area contributed by atoms with E-state index >= 15 is 0 Å². The Labute approximate surface area is 275 Å². The van der Waals surface area contributed by atoms with Gasteiger partial charge in [-0.1, -0.05) is 166 Å². The van der Waals surface area contributed by atoms with Crippen LogP contribution < -0.4 is 10.2 Å². The third-order valence-corrected chi connectivity index (χ3v) is 8.24. The minimum atomic E-state index is -1.08. The second-order valence-electron chi connectivity index (χ2n) is 15.7. The molecule has 2 aromatic rings. The van der Waals surface area contributed by atoms with E-state index in [9.17, 15) is 10.2 Å². The molecule has 0 atom stereocenters. The van der Waals surface area contributed by atoms with Crippen LogP contribution in [0.15, 0.2) is 60.7 Å². The number of rotatable bonds is 2. The molecule has 246 valence electrons.